The Balaban J connectivity index is 2.30. The largest absolute Gasteiger partial charge is 0.349 e. The van der Waals surface area contributed by atoms with Crippen molar-refractivity contribution < 1.29 is 0 Å². The lowest BCUT2D eigenvalue weighted by Gasteiger charge is -1.97. The van der Waals surface area contributed by atoms with Crippen LogP contribution in [0.1, 0.15) is 0 Å². The zero-order valence-electron chi connectivity index (χ0n) is 8.59. The van der Waals surface area contributed by atoms with Gasteiger partial charge in [-0.1, -0.05) is 29.8 Å². The molecule has 0 aliphatic rings. The Morgan fingerprint density at radius 1 is 1.29 bits per heavy atom. The molecule has 0 bridgehead atoms. The van der Waals surface area contributed by atoms with Gasteiger partial charge in [-0.25, -0.2) is 9.78 Å². The normalized spacial score (nSPS) is 10.9. The topological polar surface area (TPSA) is 63.0 Å². The molecule has 1 aromatic carbocycles. The number of benzene rings is 1. The first-order valence-electron chi connectivity index (χ1n) is 4.94. The molecule has 5 nitrogen and oxygen atoms in total. The fourth-order valence-electron chi connectivity index (χ4n) is 1.63. The van der Waals surface area contributed by atoms with Crippen LogP contribution in [0.2, 0.25) is 5.02 Å². The number of nitrogens with zero attached hydrogens (tertiary/aromatic N) is 3. The van der Waals surface area contributed by atoms with Crippen molar-refractivity contribution in [2.75, 3.05) is 0 Å². The SMILES string of the molecule is O=c1[nH]cnc2cc(-c3ccccc3Cl)nn12. The van der Waals surface area contributed by atoms with Crippen LogP contribution in [0.15, 0.2) is 41.5 Å². The van der Waals surface area contributed by atoms with Crippen LogP contribution in [-0.2, 0) is 0 Å². The number of nitrogens with one attached hydrogen (secondary N) is 1. The van der Waals surface area contributed by atoms with Crippen LogP contribution >= 0.6 is 11.6 Å². The highest BCUT2D eigenvalue weighted by Crippen LogP contribution is 2.26. The van der Waals surface area contributed by atoms with Gasteiger partial charge >= 0.3 is 5.69 Å². The van der Waals surface area contributed by atoms with E-state index < -0.39 is 0 Å². The van der Waals surface area contributed by atoms with Gasteiger partial charge in [-0.2, -0.15) is 9.61 Å². The zero-order chi connectivity index (χ0) is 11.8. The minimum absolute atomic E-state index is 0.326. The fourth-order valence-corrected chi connectivity index (χ4v) is 1.86. The zero-order valence-corrected chi connectivity index (χ0v) is 9.35. The summed E-state index contributed by atoms with van der Waals surface area (Å²) in [5.41, 5.74) is 1.57. The highest BCUT2D eigenvalue weighted by molar-refractivity contribution is 6.33. The van der Waals surface area contributed by atoms with Gasteiger partial charge in [0.25, 0.3) is 0 Å². The van der Waals surface area contributed by atoms with Gasteiger partial charge in [0.15, 0.2) is 5.65 Å². The van der Waals surface area contributed by atoms with Crippen LogP contribution in [0.4, 0.5) is 0 Å². The van der Waals surface area contributed by atoms with Crippen molar-refractivity contribution in [3.05, 3.63) is 52.2 Å². The van der Waals surface area contributed by atoms with Crippen LogP contribution in [0.3, 0.4) is 0 Å². The molecule has 0 spiro atoms. The van der Waals surface area contributed by atoms with E-state index in [1.165, 1.54) is 10.8 Å². The third-order valence-electron chi connectivity index (χ3n) is 2.42. The lowest BCUT2D eigenvalue weighted by atomic mass is 10.1. The average molecular weight is 247 g/mol. The van der Waals surface area contributed by atoms with Gasteiger partial charge < -0.3 is 0 Å². The van der Waals surface area contributed by atoms with E-state index in [0.29, 0.717) is 16.4 Å². The standard InChI is InChI=1S/C11H7ClN4O/c12-8-4-2-1-3-7(8)9-5-10-13-6-14-11(17)16(10)15-9/h1-6H,(H,13,14,17). The summed E-state index contributed by atoms with van der Waals surface area (Å²) in [5, 5.41) is 4.76. The Hall–Kier alpha value is -2.14. The first-order chi connectivity index (χ1) is 8.25. The molecule has 3 rings (SSSR count). The third kappa shape index (κ3) is 1.60. The Labute approximate surface area is 101 Å². The summed E-state index contributed by atoms with van der Waals surface area (Å²) in [6.07, 6.45) is 1.34. The number of rotatable bonds is 1. The van der Waals surface area contributed by atoms with E-state index >= 15 is 0 Å². The predicted molar refractivity (Wildman–Crippen MR) is 64.1 cm³/mol. The molecule has 0 amide bonds. The van der Waals surface area contributed by atoms with E-state index in [4.69, 9.17) is 11.6 Å². The van der Waals surface area contributed by atoms with Crippen LogP contribution < -0.4 is 5.69 Å². The Kier molecular flexibility index (Phi) is 2.19. The summed E-state index contributed by atoms with van der Waals surface area (Å²) >= 11 is 6.07. The van der Waals surface area contributed by atoms with Crippen molar-refractivity contribution in [2.24, 2.45) is 0 Å². The Morgan fingerprint density at radius 3 is 2.88 bits per heavy atom. The number of hydrogen-bond donors (Lipinski definition) is 1. The van der Waals surface area contributed by atoms with Crippen LogP contribution in [-0.4, -0.2) is 19.6 Å². The lowest BCUT2D eigenvalue weighted by molar-refractivity contribution is 0.843. The molecule has 0 unspecified atom stereocenters. The summed E-state index contributed by atoms with van der Waals surface area (Å²) in [7, 11) is 0. The number of H-pyrrole nitrogens is 1. The molecule has 3 aromatic rings. The summed E-state index contributed by atoms with van der Waals surface area (Å²) < 4.78 is 1.21. The van der Waals surface area contributed by atoms with Crippen LogP contribution in [0, 0.1) is 0 Å². The number of fused-ring (bicyclic) bond motifs is 1. The second-order valence-electron chi connectivity index (χ2n) is 3.49. The number of aromatic nitrogens is 4. The first kappa shape index (κ1) is 10.0. The van der Waals surface area contributed by atoms with Gasteiger partial charge in [0.2, 0.25) is 0 Å². The van der Waals surface area contributed by atoms with E-state index in [2.05, 4.69) is 15.1 Å². The Bertz CT molecular complexity index is 746. The van der Waals surface area contributed by atoms with Crippen LogP contribution in [0.25, 0.3) is 16.9 Å². The molecule has 0 saturated carbocycles. The lowest BCUT2D eigenvalue weighted by Crippen LogP contribution is -2.17. The molecule has 84 valence electrons. The van der Waals surface area contributed by atoms with Gasteiger partial charge in [0, 0.05) is 11.6 Å². The molecule has 2 heterocycles. The molecule has 0 radical (unpaired) electrons. The summed E-state index contributed by atoms with van der Waals surface area (Å²) in [5.74, 6) is 0. The second-order valence-corrected chi connectivity index (χ2v) is 3.89. The van der Waals surface area contributed by atoms with E-state index in [-0.39, 0.29) is 5.69 Å². The molecule has 2 aromatic heterocycles. The fraction of sp³-hybridized carbons (Fsp3) is 0. The second kappa shape index (κ2) is 3.71. The van der Waals surface area contributed by atoms with Gasteiger partial charge in [-0.05, 0) is 6.07 Å². The van der Waals surface area contributed by atoms with E-state index in [1.807, 2.05) is 18.2 Å². The quantitative estimate of drug-likeness (QED) is 0.711. The summed E-state index contributed by atoms with van der Waals surface area (Å²) in [6.45, 7) is 0. The molecular formula is C11H7ClN4O. The predicted octanol–water partition coefficient (Wildman–Crippen LogP) is 1.74. The maximum absolute atomic E-state index is 11.5. The van der Waals surface area contributed by atoms with Gasteiger partial charge in [-0.3, -0.25) is 4.98 Å². The van der Waals surface area contributed by atoms with E-state index in [1.54, 1.807) is 12.1 Å². The number of halogens is 1. The van der Waals surface area contributed by atoms with Gasteiger partial charge in [-0.15, -0.1) is 0 Å². The van der Waals surface area contributed by atoms with Crippen molar-refractivity contribution in [3.8, 4) is 11.3 Å². The molecule has 1 N–H and O–H groups in total. The summed E-state index contributed by atoms with van der Waals surface area (Å²) in [4.78, 5) is 18.0. The van der Waals surface area contributed by atoms with Crippen LogP contribution in [0.5, 0.6) is 0 Å². The smallest absolute Gasteiger partial charge is 0.296 e. The van der Waals surface area contributed by atoms with Crippen molar-refractivity contribution in [1.82, 2.24) is 19.6 Å². The molecule has 0 atom stereocenters. The highest BCUT2D eigenvalue weighted by atomic mass is 35.5. The molecule has 6 heteroatoms. The summed E-state index contributed by atoms with van der Waals surface area (Å²) in [6, 6.07) is 9.04. The number of hydrogen-bond acceptors (Lipinski definition) is 3. The van der Waals surface area contributed by atoms with E-state index in [9.17, 15) is 4.79 Å². The molecule has 0 fully saturated rings. The Morgan fingerprint density at radius 2 is 2.12 bits per heavy atom. The highest BCUT2D eigenvalue weighted by Gasteiger charge is 2.09. The first-order valence-corrected chi connectivity index (χ1v) is 5.32. The third-order valence-corrected chi connectivity index (χ3v) is 2.75. The monoisotopic (exact) mass is 246 g/mol. The molecule has 0 saturated heterocycles. The van der Waals surface area contributed by atoms with Gasteiger partial charge in [0.05, 0.1) is 17.0 Å². The minimum atomic E-state index is -0.326. The maximum Gasteiger partial charge on any atom is 0.349 e. The number of aromatic amines is 1. The van der Waals surface area contributed by atoms with E-state index in [0.717, 1.165) is 5.56 Å². The average Bonchev–Trinajstić information content (AvgIpc) is 2.75. The van der Waals surface area contributed by atoms with Gasteiger partial charge in [0.1, 0.15) is 0 Å². The molecule has 0 aliphatic carbocycles. The molecule has 17 heavy (non-hydrogen) atoms. The van der Waals surface area contributed by atoms with Crippen molar-refractivity contribution in [2.45, 2.75) is 0 Å². The minimum Gasteiger partial charge on any atom is -0.296 e. The molecular weight excluding hydrogens is 240 g/mol. The molecule has 0 aliphatic heterocycles. The van der Waals surface area contributed by atoms with Crippen molar-refractivity contribution in [3.63, 3.8) is 0 Å². The van der Waals surface area contributed by atoms with Crippen molar-refractivity contribution >= 4 is 17.2 Å². The van der Waals surface area contributed by atoms with Crippen molar-refractivity contribution in [1.29, 1.82) is 0 Å². The maximum atomic E-state index is 11.5.